The van der Waals surface area contributed by atoms with E-state index in [9.17, 15) is 4.79 Å². The third kappa shape index (κ3) is 3.76. The summed E-state index contributed by atoms with van der Waals surface area (Å²) < 4.78 is 5.58. The van der Waals surface area contributed by atoms with Gasteiger partial charge >= 0.3 is 0 Å². The Hall–Kier alpha value is -0.410. The fraction of sp³-hybridized carbons (Fsp3) is 0.909. The monoisotopic (exact) mass is 199 g/mol. The van der Waals surface area contributed by atoms with E-state index in [-0.39, 0.29) is 11.7 Å². The second-order valence-electron chi connectivity index (χ2n) is 4.04. The number of hydrogen-bond donors (Lipinski definition) is 1. The van der Waals surface area contributed by atoms with Crippen molar-refractivity contribution in [3.63, 3.8) is 0 Å². The molecule has 14 heavy (non-hydrogen) atoms. The van der Waals surface area contributed by atoms with Crippen LogP contribution in [-0.2, 0) is 9.53 Å². The molecule has 0 spiro atoms. The third-order valence-corrected chi connectivity index (χ3v) is 2.91. The van der Waals surface area contributed by atoms with Gasteiger partial charge in [-0.25, -0.2) is 0 Å². The van der Waals surface area contributed by atoms with Crippen molar-refractivity contribution in [2.45, 2.75) is 39.2 Å². The topological polar surface area (TPSA) is 38.3 Å². The molecule has 0 bridgehead atoms. The summed E-state index contributed by atoms with van der Waals surface area (Å²) in [7, 11) is 0. The first-order valence-corrected chi connectivity index (χ1v) is 5.59. The summed E-state index contributed by atoms with van der Waals surface area (Å²) in [6.07, 6.45) is 3.28. The van der Waals surface area contributed by atoms with Gasteiger partial charge in [0.1, 0.15) is 6.61 Å². The summed E-state index contributed by atoms with van der Waals surface area (Å²) in [6, 6.07) is 0. The van der Waals surface area contributed by atoms with Crippen molar-refractivity contribution in [2.24, 2.45) is 5.92 Å². The molecular weight excluding hydrogens is 178 g/mol. The van der Waals surface area contributed by atoms with Crippen molar-refractivity contribution in [2.75, 3.05) is 19.7 Å². The van der Waals surface area contributed by atoms with E-state index in [4.69, 9.17) is 4.74 Å². The maximum atomic E-state index is 11.5. The first-order chi connectivity index (χ1) is 6.74. The molecule has 1 aliphatic rings. The fourth-order valence-electron chi connectivity index (χ4n) is 1.53. The van der Waals surface area contributed by atoms with Crippen molar-refractivity contribution in [1.82, 2.24) is 5.32 Å². The Morgan fingerprint density at radius 2 is 2.14 bits per heavy atom. The van der Waals surface area contributed by atoms with Crippen LogP contribution in [-0.4, -0.2) is 31.6 Å². The normalized spacial score (nSPS) is 20.7. The predicted molar refractivity (Wildman–Crippen MR) is 56.3 cm³/mol. The van der Waals surface area contributed by atoms with E-state index in [1.165, 1.54) is 0 Å². The molecule has 0 saturated carbocycles. The van der Waals surface area contributed by atoms with Crippen LogP contribution in [0.2, 0.25) is 0 Å². The molecule has 0 aliphatic carbocycles. The summed E-state index contributed by atoms with van der Waals surface area (Å²) in [4.78, 5) is 11.5. The molecule has 82 valence electrons. The average Bonchev–Trinajstić information content (AvgIpc) is 2.26. The number of nitrogens with one attached hydrogen (secondary N) is 1. The lowest BCUT2D eigenvalue weighted by atomic mass is 10.0. The molecule has 0 amide bonds. The van der Waals surface area contributed by atoms with Gasteiger partial charge in [-0.1, -0.05) is 13.8 Å². The minimum atomic E-state index is 0.150. The van der Waals surface area contributed by atoms with Gasteiger partial charge in [-0.05, 0) is 32.4 Å². The fourth-order valence-corrected chi connectivity index (χ4v) is 1.53. The lowest BCUT2D eigenvalue weighted by Gasteiger charge is -2.23. The van der Waals surface area contributed by atoms with Crippen LogP contribution in [0.4, 0.5) is 0 Å². The Kier molecular flexibility index (Phi) is 5.12. The zero-order valence-corrected chi connectivity index (χ0v) is 9.21. The van der Waals surface area contributed by atoms with Gasteiger partial charge in [-0.15, -0.1) is 0 Å². The summed E-state index contributed by atoms with van der Waals surface area (Å²) >= 11 is 0. The van der Waals surface area contributed by atoms with Crippen LogP contribution < -0.4 is 5.32 Å². The SMILES string of the molecule is CCC(C)C(=O)COC1CCNCC1. The number of piperidine rings is 1. The molecule has 0 aromatic rings. The van der Waals surface area contributed by atoms with Crippen LogP contribution in [0.25, 0.3) is 0 Å². The maximum Gasteiger partial charge on any atom is 0.161 e. The smallest absolute Gasteiger partial charge is 0.161 e. The largest absolute Gasteiger partial charge is 0.370 e. The molecule has 1 heterocycles. The van der Waals surface area contributed by atoms with Crippen LogP contribution in [0.3, 0.4) is 0 Å². The standard InChI is InChI=1S/C11H21NO2/c1-3-9(2)11(13)8-14-10-4-6-12-7-5-10/h9-10,12H,3-8H2,1-2H3. The van der Waals surface area contributed by atoms with Crippen molar-refractivity contribution in [3.8, 4) is 0 Å². The third-order valence-electron chi connectivity index (χ3n) is 2.91. The Balaban J connectivity index is 2.15. The van der Waals surface area contributed by atoms with E-state index in [0.717, 1.165) is 32.4 Å². The Labute approximate surface area is 86.2 Å². The number of carbonyl (C=O) groups is 1. The van der Waals surface area contributed by atoms with Gasteiger partial charge in [0.2, 0.25) is 0 Å². The molecule has 0 radical (unpaired) electrons. The maximum absolute atomic E-state index is 11.5. The predicted octanol–water partition coefficient (Wildman–Crippen LogP) is 1.37. The van der Waals surface area contributed by atoms with Gasteiger partial charge in [-0.2, -0.15) is 0 Å². The zero-order valence-electron chi connectivity index (χ0n) is 9.21. The van der Waals surface area contributed by atoms with Crippen LogP contribution >= 0.6 is 0 Å². The molecule has 1 saturated heterocycles. The summed E-state index contributed by atoms with van der Waals surface area (Å²) in [5.41, 5.74) is 0. The second kappa shape index (κ2) is 6.14. The molecular formula is C11H21NO2. The first kappa shape index (κ1) is 11.7. The van der Waals surface area contributed by atoms with Crippen LogP contribution in [0, 0.1) is 5.92 Å². The summed E-state index contributed by atoms with van der Waals surface area (Å²) in [5.74, 6) is 0.391. The molecule has 1 atom stereocenters. The van der Waals surface area contributed by atoms with Gasteiger partial charge in [0.25, 0.3) is 0 Å². The van der Waals surface area contributed by atoms with Gasteiger partial charge in [0.15, 0.2) is 5.78 Å². The van der Waals surface area contributed by atoms with Gasteiger partial charge < -0.3 is 10.1 Å². The number of hydrogen-bond acceptors (Lipinski definition) is 3. The van der Waals surface area contributed by atoms with E-state index >= 15 is 0 Å². The summed E-state index contributed by atoms with van der Waals surface area (Å²) in [6.45, 7) is 6.34. The Morgan fingerprint density at radius 3 is 2.71 bits per heavy atom. The number of ketones is 1. The quantitative estimate of drug-likeness (QED) is 0.726. The summed E-state index contributed by atoms with van der Waals surface area (Å²) in [5, 5.41) is 3.27. The molecule has 3 heteroatoms. The number of carbonyl (C=O) groups excluding carboxylic acids is 1. The molecule has 1 aliphatic heterocycles. The van der Waals surface area contributed by atoms with E-state index in [1.807, 2.05) is 13.8 Å². The average molecular weight is 199 g/mol. The Morgan fingerprint density at radius 1 is 1.50 bits per heavy atom. The number of ether oxygens (including phenoxy) is 1. The number of Topliss-reactive ketones (excluding diaryl/α,β-unsaturated/α-hetero) is 1. The van der Waals surface area contributed by atoms with E-state index in [2.05, 4.69) is 5.32 Å². The molecule has 0 aromatic heterocycles. The van der Waals surface area contributed by atoms with Crippen LogP contribution in [0.5, 0.6) is 0 Å². The van der Waals surface area contributed by atoms with Gasteiger partial charge in [-0.3, -0.25) is 4.79 Å². The van der Waals surface area contributed by atoms with E-state index in [1.54, 1.807) is 0 Å². The first-order valence-electron chi connectivity index (χ1n) is 5.59. The van der Waals surface area contributed by atoms with E-state index < -0.39 is 0 Å². The lowest BCUT2D eigenvalue weighted by molar-refractivity contribution is -0.129. The lowest BCUT2D eigenvalue weighted by Crippen LogP contribution is -2.34. The van der Waals surface area contributed by atoms with Crippen LogP contribution in [0.15, 0.2) is 0 Å². The van der Waals surface area contributed by atoms with Crippen molar-refractivity contribution < 1.29 is 9.53 Å². The molecule has 1 unspecified atom stereocenters. The minimum absolute atomic E-state index is 0.150. The molecule has 1 fully saturated rings. The van der Waals surface area contributed by atoms with Crippen LogP contribution in [0.1, 0.15) is 33.1 Å². The van der Waals surface area contributed by atoms with Gasteiger partial charge in [0, 0.05) is 5.92 Å². The molecule has 0 aromatic carbocycles. The van der Waals surface area contributed by atoms with Crippen molar-refractivity contribution in [3.05, 3.63) is 0 Å². The highest BCUT2D eigenvalue weighted by atomic mass is 16.5. The van der Waals surface area contributed by atoms with Gasteiger partial charge in [0.05, 0.1) is 6.10 Å². The molecule has 1 N–H and O–H groups in total. The Bertz CT molecular complexity index is 176. The van der Waals surface area contributed by atoms with Crippen molar-refractivity contribution in [1.29, 1.82) is 0 Å². The minimum Gasteiger partial charge on any atom is -0.370 e. The zero-order chi connectivity index (χ0) is 10.4. The highest BCUT2D eigenvalue weighted by Crippen LogP contribution is 2.09. The highest BCUT2D eigenvalue weighted by molar-refractivity contribution is 5.81. The molecule has 3 nitrogen and oxygen atoms in total. The molecule has 1 rings (SSSR count). The van der Waals surface area contributed by atoms with Crippen molar-refractivity contribution >= 4 is 5.78 Å². The highest BCUT2D eigenvalue weighted by Gasteiger charge is 2.16. The number of rotatable bonds is 5. The second-order valence-corrected chi connectivity index (χ2v) is 4.04. The van der Waals surface area contributed by atoms with E-state index in [0.29, 0.717) is 12.7 Å².